The van der Waals surface area contributed by atoms with Crippen LogP contribution in [0.15, 0.2) is 48.5 Å². The van der Waals surface area contributed by atoms with Crippen molar-refractivity contribution in [2.75, 3.05) is 12.4 Å². The van der Waals surface area contributed by atoms with Crippen LogP contribution in [0.3, 0.4) is 0 Å². The van der Waals surface area contributed by atoms with Gasteiger partial charge in [0, 0.05) is 18.8 Å². The van der Waals surface area contributed by atoms with E-state index in [9.17, 15) is 4.79 Å². The van der Waals surface area contributed by atoms with Crippen molar-refractivity contribution in [3.8, 4) is 5.75 Å². The lowest BCUT2D eigenvalue weighted by molar-refractivity contribution is 0.0523. The summed E-state index contributed by atoms with van der Waals surface area (Å²) in [5.41, 5.74) is 2.73. The highest BCUT2D eigenvalue weighted by Gasteiger charge is 2.15. The van der Waals surface area contributed by atoms with E-state index >= 15 is 0 Å². The zero-order valence-electron chi connectivity index (χ0n) is 15.3. The number of rotatable bonds is 6. The minimum absolute atomic E-state index is 0.408. The average Bonchev–Trinajstić information content (AvgIpc) is 2.58. The minimum Gasteiger partial charge on any atom is -0.497 e. The van der Waals surface area contributed by atoms with Gasteiger partial charge in [0.05, 0.1) is 7.11 Å². The van der Waals surface area contributed by atoms with Crippen LogP contribution in [0.4, 0.5) is 10.5 Å². The molecule has 5 heteroatoms. The molecule has 0 aliphatic heterocycles. The molecule has 0 aromatic heterocycles. The van der Waals surface area contributed by atoms with Gasteiger partial charge in [-0.25, -0.2) is 4.79 Å². The van der Waals surface area contributed by atoms with Gasteiger partial charge in [-0.2, -0.15) is 0 Å². The number of hydrogen-bond donors (Lipinski definition) is 2. The predicted octanol–water partition coefficient (Wildman–Crippen LogP) is 4.33. The lowest BCUT2D eigenvalue weighted by Crippen LogP contribution is -2.32. The summed E-state index contributed by atoms with van der Waals surface area (Å²) in [6.07, 6.45) is -0.408. The number of carbonyl (C=O) groups excluding carboxylic acids is 1. The molecule has 2 aromatic rings. The van der Waals surface area contributed by atoms with Gasteiger partial charge in [-0.3, -0.25) is 0 Å². The first-order chi connectivity index (χ1) is 11.9. The molecule has 2 rings (SSSR count). The third-order valence-corrected chi connectivity index (χ3v) is 3.45. The van der Waals surface area contributed by atoms with E-state index in [1.165, 1.54) is 5.56 Å². The Kier molecular flexibility index (Phi) is 6.28. The Morgan fingerprint density at radius 1 is 0.920 bits per heavy atom. The molecule has 0 aliphatic rings. The van der Waals surface area contributed by atoms with Gasteiger partial charge in [0.15, 0.2) is 0 Å². The second-order valence-corrected chi connectivity index (χ2v) is 6.75. The number of alkyl carbamates (subject to hydrolysis) is 1. The zero-order chi connectivity index (χ0) is 18.3. The fraction of sp³-hybridized carbons (Fsp3) is 0.350. The molecule has 0 aliphatic carbocycles. The van der Waals surface area contributed by atoms with Crippen LogP contribution >= 0.6 is 0 Å². The summed E-state index contributed by atoms with van der Waals surface area (Å²) in [7, 11) is 1.66. The van der Waals surface area contributed by atoms with Crippen LogP contribution < -0.4 is 15.4 Å². The topological polar surface area (TPSA) is 59.6 Å². The van der Waals surface area contributed by atoms with Crippen LogP contribution in [0.25, 0.3) is 0 Å². The molecule has 134 valence electrons. The van der Waals surface area contributed by atoms with E-state index in [0.717, 1.165) is 23.5 Å². The normalized spacial score (nSPS) is 10.9. The molecule has 2 N–H and O–H groups in total. The smallest absolute Gasteiger partial charge is 0.407 e. The van der Waals surface area contributed by atoms with Gasteiger partial charge in [0.1, 0.15) is 11.4 Å². The summed E-state index contributed by atoms with van der Waals surface area (Å²) in [6, 6.07) is 15.9. The lowest BCUT2D eigenvalue weighted by atomic mass is 10.2. The Balaban J connectivity index is 1.80. The van der Waals surface area contributed by atoms with Crippen molar-refractivity contribution in [2.24, 2.45) is 0 Å². The van der Waals surface area contributed by atoms with Gasteiger partial charge < -0.3 is 20.1 Å². The second-order valence-electron chi connectivity index (χ2n) is 6.75. The van der Waals surface area contributed by atoms with Gasteiger partial charge in [0.25, 0.3) is 0 Å². The molecular weight excluding hydrogens is 316 g/mol. The van der Waals surface area contributed by atoms with E-state index < -0.39 is 11.7 Å². The molecule has 0 heterocycles. The number of benzene rings is 2. The van der Waals surface area contributed by atoms with Crippen molar-refractivity contribution in [1.29, 1.82) is 0 Å². The van der Waals surface area contributed by atoms with Crippen LogP contribution in [-0.4, -0.2) is 18.8 Å². The molecule has 0 fully saturated rings. The Morgan fingerprint density at radius 2 is 1.48 bits per heavy atom. The largest absolute Gasteiger partial charge is 0.497 e. The van der Waals surface area contributed by atoms with Crippen LogP contribution in [0.5, 0.6) is 5.75 Å². The number of carbonyl (C=O) groups is 1. The highest BCUT2D eigenvalue weighted by atomic mass is 16.6. The summed E-state index contributed by atoms with van der Waals surface area (Å²) in [4.78, 5) is 11.6. The first-order valence-corrected chi connectivity index (χ1v) is 8.28. The summed E-state index contributed by atoms with van der Waals surface area (Å²) in [5, 5.41) is 6.12. The van der Waals surface area contributed by atoms with Crippen molar-refractivity contribution < 1.29 is 14.3 Å². The molecule has 1 amide bonds. The number of anilines is 1. The molecule has 0 saturated heterocycles. The van der Waals surface area contributed by atoms with Crippen molar-refractivity contribution >= 4 is 11.8 Å². The highest BCUT2D eigenvalue weighted by molar-refractivity contribution is 5.67. The molecule has 2 aromatic carbocycles. The van der Waals surface area contributed by atoms with E-state index in [4.69, 9.17) is 9.47 Å². The van der Waals surface area contributed by atoms with Crippen LogP contribution in [0.1, 0.15) is 31.9 Å². The van der Waals surface area contributed by atoms with Gasteiger partial charge in [-0.05, 0) is 56.2 Å². The number of ether oxygens (including phenoxy) is 2. The second kappa shape index (κ2) is 8.42. The summed E-state index contributed by atoms with van der Waals surface area (Å²) < 4.78 is 10.4. The molecule has 0 saturated carbocycles. The van der Waals surface area contributed by atoms with Crippen molar-refractivity contribution in [3.63, 3.8) is 0 Å². The van der Waals surface area contributed by atoms with E-state index in [0.29, 0.717) is 6.54 Å². The first kappa shape index (κ1) is 18.6. The van der Waals surface area contributed by atoms with Gasteiger partial charge in [-0.15, -0.1) is 0 Å². The Hall–Kier alpha value is -2.69. The summed E-state index contributed by atoms with van der Waals surface area (Å²) in [6.45, 7) is 6.70. The number of hydrogen-bond acceptors (Lipinski definition) is 4. The van der Waals surface area contributed by atoms with Gasteiger partial charge in [0.2, 0.25) is 0 Å². The maximum absolute atomic E-state index is 11.6. The SMILES string of the molecule is COc1ccc(CNc2ccc(CNC(=O)OC(C)(C)C)cc2)cc1. The third-order valence-electron chi connectivity index (χ3n) is 3.45. The Bertz CT molecular complexity index is 674. The number of methoxy groups -OCH3 is 1. The average molecular weight is 342 g/mol. The molecule has 5 nitrogen and oxygen atoms in total. The molecule has 0 bridgehead atoms. The molecule has 0 unspecified atom stereocenters. The Labute approximate surface area is 149 Å². The first-order valence-electron chi connectivity index (χ1n) is 8.28. The van der Waals surface area contributed by atoms with Crippen LogP contribution in [-0.2, 0) is 17.8 Å². The van der Waals surface area contributed by atoms with Crippen LogP contribution in [0.2, 0.25) is 0 Å². The van der Waals surface area contributed by atoms with Crippen molar-refractivity contribution in [3.05, 3.63) is 59.7 Å². The van der Waals surface area contributed by atoms with Crippen LogP contribution in [0, 0.1) is 0 Å². The fourth-order valence-electron chi connectivity index (χ4n) is 2.18. The van der Waals surface area contributed by atoms with E-state index in [-0.39, 0.29) is 0 Å². The standard InChI is InChI=1S/C20H26N2O3/c1-20(2,3)25-19(23)22-14-15-5-9-17(10-6-15)21-13-16-7-11-18(24-4)12-8-16/h5-12,21H,13-14H2,1-4H3,(H,22,23). The van der Waals surface area contributed by atoms with E-state index in [1.54, 1.807) is 7.11 Å². The summed E-state index contributed by atoms with van der Waals surface area (Å²) >= 11 is 0. The van der Waals surface area contributed by atoms with Gasteiger partial charge in [-0.1, -0.05) is 24.3 Å². The van der Waals surface area contributed by atoms with Gasteiger partial charge >= 0.3 is 6.09 Å². The quantitative estimate of drug-likeness (QED) is 0.820. The van der Waals surface area contributed by atoms with Crippen molar-refractivity contribution in [2.45, 2.75) is 39.5 Å². The maximum Gasteiger partial charge on any atom is 0.407 e. The monoisotopic (exact) mass is 342 g/mol. The lowest BCUT2D eigenvalue weighted by Gasteiger charge is -2.19. The Morgan fingerprint density at radius 3 is 2.04 bits per heavy atom. The molecule has 0 radical (unpaired) electrons. The molecule has 0 atom stereocenters. The fourth-order valence-corrected chi connectivity index (χ4v) is 2.18. The minimum atomic E-state index is -0.487. The number of amides is 1. The van der Waals surface area contributed by atoms with E-state index in [1.807, 2.05) is 69.3 Å². The predicted molar refractivity (Wildman–Crippen MR) is 99.8 cm³/mol. The molecule has 25 heavy (non-hydrogen) atoms. The summed E-state index contributed by atoms with van der Waals surface area (Å²) in [5.74, 6) is 0.852. The third kappa shape index (κ3) is 6.75. The van der Waals surface area contributed by atoms with E-state index in [2.05, 4.69) is 10.6 Å². The molecular formula is C20H26N2O3. The highest BCUT2D eigenvalue weighted by Crippen LogP contribution is 2.14. The van der Waals surface area contributed by atoms with Crippen molar-refractivity contribution in [1.82, 2.24) is 5.32 Å². The maximum atomic E-state index is 11.6. The molecule has 0 spiro atoms. The number of nitrogens with one attached hydrogen (secondary N) is 2. The zero-order valence-corrected chi connectivity index (χ0v) is 15.3.